The number of nitrogen functional groups attached to an aromatic ring is 1. The number of ether oxygens (including phenoxy) is 2. The maximum absolute atomic E-state index is 12.8. The molecule has 198 valence electrons. The maximum Gasteiger partial charge on any atom is 0.410 e. The molecule has 10 nitrogen and oxygen atoms in total. The lowest BCUT2D eigenvalue weighted by Crippen LogP contribution is -2.35. The molecule has 0 aliphatic carbocycles. The van der Waals surface area contributed by atoms with Crippen LogP contribution in [0.2, 0.25) is 0 Å². The molecule has 2 atom stereocenters. The van der Waals surface area contributed by atoms with E-state index in [9.17, 15) is 9.90 Å². The van der Waals surface area contributed by atoms with E-state index in [-0.39, 0.29) is 12.5 Å². The minimum absolute atomic E-state index is 0.165. The number of β-amino-alcohol motifs (C(OH)–C–C–N with tert-alkyl or cyclic N) is 1. The van der Waals surface area contributed by atoms with Crippen LogP contribution in [0.3, 0.4) is 0 Å². The van der Waals surface area contributed by atoms with Crippen molar-refractivity contribution in [3.05, 3.63) is 60.2 Å². The molecular weight excluding hydrogens is 484 g/mol. The Bertz CT molecular complexity index is 1490. The predicted octanol–water partition coefficient (Wildman–Crippen LogP) is 4.41. The van der Waals surface area contributed by atoms with Gasteiger partial charge in [-0.15, -0.1) is 0 Å². The Hall–Kier alpha value is -4.18. The molecule has 1 aromatic carbocycles. The number of carbonyl (C=O) groups excluding carboxylic acids is 1. The van der Waals surface area contributed by atoms with Crippen molar-refractivity contribution < 1.29 is 19.4 Å². The first-order chi connectivity index (χ1) is 18.0. The molecule has 2 unspecified atom stereocenters. The summed E-state index contributed by atoms with van der Waals surface area (Å²) in [5.41, 5.74) is 9.73. The standard InChI is InChI=1S/C28H32N6O4/c1-16-7-6-8-21(32-16)37-18-11-9-17(10-12-18)22-23-25(29)30-15-31-26(23)33(5)24(22)19-13-34(14-20(19)35)27(36)38-28(2,3)4/h6-12,15,19-20,35H,13-14H2,1-5H3,(H2,29,30,31). The second-order valence-corrected chi connectivity index (χ2v) is 10.6. The number of hydrogen-bond donors (Lipinski definition) is 2. The van der Waals surface area contributed by atoms with Crippen LogP contribution >= 0.6 is 0 Å². The molecular formula is C28H32N6O4. The average Bonchev–Trinajstić information content (AvgIpc) is 3.37. The van der Waals surface area contributed by atoms with Crippen LogP contribution in [0.15, 0.2) is 48.8 Å². The Kier molecular flexibility index (Phi) is 6.44. The quantitative estimate of drug-likeness (QED) is 0.408. The van der Waals surface area contributed by atoms with Crippen molar-refractivity contribution in [1.29, 1.82) is 0 Å². The highest BCUT2D eigenvalue weighted by Gasteiger charge is 2.40. The van der Waals surface area contributed by atoms with Crippen molar-refractivity contribution in [1.82, 2.24) is 24.4 Å². The first kappa shape index (κ1) is 25.5. The van der Waals surface area contributed by atoms with Gasteiger partial charge in [-0.2, -0.15) is 0 Å². The van der Waals surface area contributed by atoms with Gasteiger partial charge in [-0.25, -0.2) is 19.7 Å². The molecule has 10 heteroatoms. The molecule has 3 N–H and O–H groups in total. The summed E-state index contributed by atoms with van der Waals surface area (Å²) in [4.78, 5) is 27.4. The SMILES string of the molecule is Cc1cccc(Oc2ccc(-c3c(C4CN(C(=O)OC(C)(C)C)CC4O)n(C)c4ncnc(N)c34)cc2)n1. The molecule has 0 spiro atoms. The highest BCUT2D eigenvalue weighted by molar-refractivity contribution is 6.02. The van der Waals surface area contributed by atoms with Crippen LogP contribution in [0.5, 0.6) is 11.6 Å². The van der Waals surface area contributed by atoms with E-state index < -0.39 is 17.8 Å². The molecule has 0 radical (unpaired) electrons. The number of anilines is 1. The van der Waals surface area contributed by atoms with E-state index in [1.165, 1.54) is 6.33 Å². The molecule has 1 fully saturated rings. The van der Waals surface area contributed by atoms with Gasteiger partial charge in [-0.3, -0.25) is 0 Å². The van der Waals surface area contributed by atoms with Gasteiger partial charge >= 0.3 is 6.09 Å². The van der Waals surface area contributed by atoms with Crippen LogP contribution < -0.4 is 10.5 Å². The summed E-state index contributed by atoms with van der Waals surface area (Å²) in [6.07, 6.45) is 0.174. The summed E-state index contributed by atoms with van der Waals surface area (Å²) in [5.74, 6) is 1.10. The lowest BCUT2D eigenvalue weighted by atomic mass is 9.93. The molecule has 4 heterocycles. The first-order valence-corrected chi connectivity index (χ1v) is 12.5. The van der Waals surface area contributed by atoms with E-state index in [1.54, 1.807) is 11.0 Å². The van der Waals surface area contributed by atoms with E-state index in [4.69, 9.17) is 15.2 Å². The molecule has 38 heavy (non-hydrogen) atoms. The molecule has 1 saturated heterocycles. The van der Waals surface area contributed by atoms with Gasteiger partial charge in [0.1, 0.15) is 29.1 Å². The number of nitrogens with two attached hydrogens (primary N) is 1. The largest absolute Gasteiger partial charge is 0.444 e. The van der Waals surface area contributed by atoms with Gasteiger partial charge in [0.05, 0.1) is 18.0 Å². The highest BCUT2D eigenvalue weighted by Crippen LogP contribution is 2.43. The maximum atomic E-state index is 12.8. The first-order valence-electron chi connectivity index (χ1n) is 12.5. The van der Waals surface area contributed by atoms with Crippen molar-refractivity contribution in [3.8, 4) is 22.8 Å². The van der Waals surface area contributed by atoms with Gasteiger partial charge in [-0.05, 0) is 51.5 Å². The summed E-state index contributed by atoms with van der Waals surface area (Å²) in [6.45, 7) is 7.83. The number of fused-ring (bicyclic) bond motifs is 1. The third kappa shape index (κ3) is 4.87. The van der Waals surface area contributed by atoms with Crippen LogP contribution in [-0.4, -0.2) is 60.4 Å². The van der Waals surface area contributed by atoms with Gasteiger partial charge in [0.2, 0.25) is 5.88 Å². The Balaban J connectivity index is 1.54. The third-order valence-electron chi connectivity index (χ3n) is 6.56. The van der Waals surface area contributed by atoms with Gasteiger partial charge in [0.25, 0.3) is 0 Å². The zero-order chi connectivity index (χ0) is 27.2. The summed E-state index contributed by atoms with van der Waals surface area (Å²) in [6, 6.07) is 13.2. The summed E-state index contributed by atoms with van der Waals surface area (Å²) < 4.78 is 13.4. The average molecular weight is 517 g/mol. The Morgan fingerprint density at radius 1 is 1.11 bits per heavy atom. The lowest BCUT2D eigenvalue weighted by molar-refractivity contribution is 0.0270. The number of likely N-dealkylation sites (tertiary alicyclic amines) is 1. The molecule has 1 aliphatic heterocycles. The van der Waals surface area contributed by atoms with E-state index in [0.717, 1.165) is 22.5 Å². The van der Waals surface area contributed by atoms with Crippen molar-refractivity contribution >= 4 is 22.9 Å². The number of aromatic nitrogens is 4. The second-order valence-electron chi connectivity index (χ2n) is 10.6. The molecule has 4 aromatic rings. The Labute approximate surface area is 221 Å². The fourth-order valence-corrected chi connectivity index (χ4v) is 4.94. The monoisotopic (exact) mass is 516 g/mol. The number of amides is 1. The number of pyridine rings is 1. The number of carbonyl (C=O) groups is 1. The number of aliphatic hydroxyl groups excluding tert-OH is 1. The highest BCUT2D eigenvalue weighted by atomic mass is 16.6. The fraction of sp³-hybridized carbons (Fsp3) is 0.357. The lowest BCUT2D eigenvalue weighted by Gasteiger charge is -2.24. The Morgan fingerprint density at radius 2 is 1.84 bits per heavy atom. The van der Waals surface area contributed by atoms with Crippen LogP contribution in [0.4, 0.5) is 10.6 Å². The molecule has 5 rings (SSSR count). The summed E-state index contributed by atoms with van der Waals surface area (Å²) in [7, 11) is 1.89. The molecule has 3 aromatic heterocycles. The van der Waals surface area contributed by atoms with Gasteiger partial charge < -0.3 is 29.8 Å². The Morgan fingerprint density at radius 3 is 2.53 bits per heavy atom. The normalized spacial score (nSPS) is 17.7. The minimum atomic E-state index is -0.798. The summed E-state index contributed by atoms with van der Waals surface area (Å²) >= 11 is 0. The van der Waals surface area contributed by atoms with Crippen molar-refractivity contribution in [3.63, 3.8) is 0 Å². The minimum Gasteiger partial charge on any atom is -0.444 e. The number of nitrogens with zero attached hydrogens (tertiary/aromatic N) is 5. The van der Waals surface area contributed by atoms with Gasteiger partial charge in [0, 0.05) is 42.5 Å². The number of aryl methyl sites for hydroxylation is 2. The van der Waals surface area contributed by atoms with E-state index in [0.29, 0.717) is 35.0 Å². The zero-order valence-corrected chi connectivity index (χ0v) is 22.2. The van der Waals surface area contributed by atoms with Crippen LogP contribution in [0, 0.1) is 6.92 Å². The van der Waals surface area contributed by atoms with E-state index in [2.05, 4.69) is 15.0 Å². The second kappa shape index (κ2) is 9.60. The molecule has 1 amide bonds. The van der Waals surface area contributed by atoms with Crippen molar-refractivity contribution in [2.24, 2.45) is 7.05 Å². The van der Waals surface area contributed by atoms with Crippen LogP contribution in [0.25, 0.3) is 22.2 Å². The topological polar surface area (TPSA) is 129 Å². The zero-order valence-electron chi connectivity index (χ0n) is 22.2. The molecule has 0 bridgehead atoms. The smallest absolute Gasteiger partial charge is 0.410 e. The number of hydrogen-bond acceptors (Lipinski definition) is 8. The van der Waals surface area contributed by atoms with Crippen molar-refractivity contribution in [2.75, 3.05) is 18.8 Å². The molecule has 0 saturated carbocycles. The van der Waals surface area contributed by atoms with Crippen molar-refractivity contribution in [2.45, 2.75) is 45.3 Å². The van der Waals surface area contributed by atoms with E-state index in [1.807, 2.05) is 75.7 Å². The fourth-order valence-electron chi connectivity index (χ4n) is 4.94. The number of aliphatic hydroxyl groups is 1. The third-order valence-corrected chi connectivity index (χ3v) is 6.56. The van der Waals surface area contributed by atoms with E-state index >= 15 is 0 Å². The van der Waals surface area contributed by atoms with Crippen LogP contribution in [0.1, 0.15) is 38.1 Å². The van der Waals surface area contributed by atoms with Crippen LogP contribution in [-0.2, 0) is 11.8 Å². The number of benzene rings is 1. The molecule has 1 aliphatic rings. The summed E-state index contributed by atoms with van der Waals surface area (Å²) in [5, 5.41) is 11.8. The number of rotatable bonds is 4. The van der Waals surface area contributed by atoms with Gasteiger partial charge in [0.15, 0.2) is 0 Å². The van der Waals surface area contributed by atoms with Gasteiger partial charge in [-0.1, -0.05) is 18.2 Å². The predicted molar refractivity (Wildman–Crippen MR) is 144 cm³/mol.